The van der Waals surface area contributed by atoms with E-state index in [4.69, 9.17) is 5.73 Å². The van der Waals surface area contributed by atoms with Crippen molar-refractivity contribution in [3.8, 4) is 0 Å². The molecule has 0 bridgehead atoms. The van der Waals surface area contributed by atoms with Gasteiger partial charge >= 0.3 is 0 Å². The third-order valence-electron chi connectivity index (χ3n) is 3.56. The minimum absolute atomic E-state index is 0. The van der Waals surface area contributed by atoms with Crippen molar-refractivity contribution in [2.75, 3.05) is 6.54 Å². The molecule has 3 nitrogen and oxygen atoms in total. The van der Waals surface area contributed by atoms with Gasteiger partial charge in [0.2, 0.25) is 5.91 Å². The highest BCUT2D eigenvalue weighted by Crippen LogP contribution is 2.37. The first-order valence-corrected chi connectivity index (χ1v) is 6.32. The van der Waals surface area contributed by atoms with Gasteiger partial charge in [-0.3, -0.25) is 4.79 Å². The van der Waals surface area contributed by atoms with Crippen molar-refractivity contribution in [2.24, 2.45) is 11.7 Å². The second kappa shape index (κ2) is 6.35. The summed E-state index contributed by atoms with van der Waals surface area (Å²) in [4.78, 5) is 13.8. The summed E-state index contributed by atoms with van der Waals surface area (Å²) in [5.74, 6) is 0.00269. The molecule has 2 N–H and O–H groups in total. The average molecular weight is 287 g/mol. The Hall–Kier alpha value is -1.13. The monoisotopic (exact) mass is 286 g/mol. The Morgan fingerprint density at radius 1 is 1.53 bits per heavy atom. The van der Waals surface area contributed by atoms with E-state index in [1.807, 2.05) is 6.07 Å². The Balaban J connectivity index is 0.00000180. The highest BCUT2D eigenvalue weighted by atomic mass is 35.5. The van der Waals surface area contributed by atoms with Crippen molar-refractivity contribution in [3.63, 3.8) is 0 Å². The fourth-order valence-electron chi connectivity index (χ4n) is 2.65. The van der Waals surface area contributed by atoms with Crippen molar-refractivity contribution in [2.45, 2.75) is 32.4 Å². The maximum atomic E-state index is 13.3. The summed E-state index contributed by atoms with van der Waals surface area (Å²) in [6, 6.07) is 5.92. The predicted octanol–water partition coefficient (Wildman–Crippen LogP) is 2.50. The molecule has 1 aliphatic rings. The Morgan fingerprint density at radius 2 is 2.21 bits per heavy atom. The number of carbonyl (C=O) groups is 1. The number of hydrogen-bond acceptors (Lipinski definition) is 2. The van der Waals surface area contributed by atoms with Crippen LogP contribution in [0.15, 0.2) is 24.3 Å². The molecule has 1 amide bonds. The Labute approximate surface area is 119 Å². The van der Waals surface area contributed by atoms with E-state index in [9.17, 15) is 9.18 Å². The van der Waals surface area contributed by atoms with Crippen LogP contribution in [0.2, 0.25) is 0 Å². The molecule has 1 heterocycles. The zero-order valence-corrected chi connectivity index (χ0v) is 12.0. The quantitative estimate of drug-likeness (QED) is 0.908. The van der Waals surface area contributed by atoms with Gasteiger partial charge in [0.05, 0.1) is 12.1 Å². The van der Waals surface area contributed by atoms with Crippen LogP contribution in [-0.4, -0.2) is 23.4 Å². The number of hydrogen-bond donors (Lipinski definition) is 1. The predicted molar refractivity (Wildman–Crippen MR) is 75.5 cm³/mol. The first-order chi connectivity index (χ1) is 8.50. The lowest BCUT2D eigenvalue weighted by Gasteiger charge is -2.28. The van der Waals surface area contributed by atoms with Gasteiger partial charge in [-0.05, 0) is 37.0 Å². The standard InChI is InChI=1S/C14H19FN2O.ClH/c1-9-6-7-17(14(18)10(2)16)13(9)11-4-3-5-12(15)8-11;/h3-5,8-10,13H,6-7,16H2,1-2H3;1H/t9?,10-,13?;/m0./s1. The lowest BCUT2D eigenvalue weighted by atomic mass is 9.95. The van der Waals surface area contributed by atoms with E-state index in [0.29, 0.717) is 12.5 Å². The number of likely N-dealkylation sites (tertiary alicyclic amines) is 1. The summed E-state index contributed by atoms with van der Waals surface area (Å²) in [7, 11) is 0. The lowest BCUT2D eigenvalue weighted by molar-refractivity contribution is -0.133. The van der Waals surface area contributed by atoms with Crippen LogP contribution in [0.5, 0.6) is 0 Å². The summed E-state index contributed by atoms with van der Waals surface area (Å²) in [5, 5.41) is 0. The molecular weight excluding hydrogens is 267 g/mol. The van der Waals surface area contributed by atoms with Crippen LogP contribution in [0.3, 0.4) is 0 Å². The Bertz CT molecular complexity index is 453. The topological polar surface area (TPSA) is 46.3 Å². The zero-order valence-electron chi connectivity index (χ0n) is 11.2. The van der Waals surface area contributed by atoms with Crippen LogP contribution in [0.4, 0.5) is 4.39 Å². The number of halogens is 2. The molecule has 1 fully saturated rings. The number of rotatable bonds is 2. The molecule has 0 aliphatic carbocycles. The van der Waals surface area contributed by atoms with Crippen LogP contribution >= 0.6 is 12.4 Å². The largest absolute Gasteiger partial charge is 0.334 e. The van der Waals surface area contributed by atoms with E-state index in [1.165, 1.54) is 12.1 Å². The summed E-state index contributed by atoms with van der Waals surface area (Å²) < 4.78 is 13.3. The van der Waals surface area contributed by atoms with E-state index in [-0.39, 0.29) is 30.2 Å². The third kappa shape index (κ3) is 3.25. The number of carbonyl (C=O) groups excluding carboxylic acids is 1. The summed E-state index contributed by atoms with van der Waals surface area (Å²) >= 11 is 0. The highest BCUT2D eigenvalue weighted by Gasteiger charge is 2.36. The van der Waals surface area contributed by atoms with Gasteiger partial charge in [0.15, 0.2) is 0 Å². The van der Waals surface area contributed by atoms with Crippen molar-refractivity contribution >= 4 is 18.3 Å². The second-order valence-corrected chi connectivity index (χ2v) is 5.09. The molecule has 2 rings (SSSR count). The van der Waals surface area contributed by atoms with Crippen molar-refractivity contribution < 1.29 is 9.18 Å². The second-order valence-electron chi connectivity index (χ2n) is 5.09. The summed E-state index contributed by atoms with van der Waals surface area (Å²) in [6.45, 7) is 4.47. The molecule has 5 heteroatoms. The average Bonchev–Trinajstić information content (AvgIpc) is 2.70. The van der Waals surface area contributed by atoms with Gasteiger partial charge in [-0.1, -0.05) is 19.1 Å². The Kier molecular flexibility index (Phi) is 5.32. The first kappa shape index (κ1) is 15.9. The number of nitrogens with zero attached hydrogens (tertiary/aromatic N) is 1. The molecule has 0 radical (unpaired) electrons. The maximum Gasteiger partial charge on any atom is 0.239 e. The lowest BCUT2D eigenvalue weighted by Crippen LogP contribution is -2.42. The van der Waals surface area contributed by atoms with Crippen LogP contribution in [0, 0.1) is 11.7 Å². The molecule has 1 saturated heterocycles. The van der Waals surface area contributed by atoms with Gasteiger partial charge in [-0.15, -0.1) is 12.4 Å². The number of amides is 1. The molecule has 1 aromatic carbocycles. The molecule has 2 unspecified atom stereocenters. The fraction of sp³-hybridized carbons (Fsp3) is 0.500. The SMILES string of the molecule is CC1CCN(C(=O)[C@H](C)N)C1c1cccc(F)c1.Cl. The van der Waals surface area contributed by atoms with E-state index < -0.39 is 6.04 Å². The third-order valence-corrected chi connectivity index (χ3v) is 3.56. The molecule has 1 aliphatic heterocycles. The van der Waals surface area contributed by atoms with Crippen LogP contribution < -0.4 is 5.73 Å². The van der Waals surface area contributed by atoms with Crippen molar-refractivity contribution in [3.05, 3.63) is 35.6 Å². The van der Waals surface area contributed by atoms with Gasteiger partial charge in [0, 0.05) is 6.54 Å². The minimum atomic E-state index is -0.508. The zero-order chi connectivity index (χ0) is 13.3. The molecule has 0 spiro atoms. The minimum Gasteiger partial charge on any atom is -0.334 e. The molecule has 1 aromatic rings. The molecule has 0 saturated carbocycles. The van der Waals surface area contributed by atoms with Gasteiger partial charge in [0.1, 0.15) is 5.82 Å². The van der Waals surface area contributed by atoms with Gasteiger partial charge < -0.3 is 10.6 Å². The van der Waals surface area contributed by atoms with Crippen LogP contribution in [0.1, 0.15) is 31.9 Å². The highest BCUT2D eigenvalue weighted by molar-refractivity contribution is 5.85. The molecular formula is C14H20ClFN2O. The van der Waals surface area contributed by atoms with Crippen molar-refractivity contribution in [1.29, 1.82) is 0 Å². The normalized spacial score (nSPS) is 23.9. The van der Waals surface area contributed by atoms with E-state index >= 15 is 0 Å². The number of nitrogens with two attached hydrogens (primary N) is 1. The van der Waals surface area contributed by atoms with Crippen LogP contribution in [-0.2, 0) is 4.79 Å². The summed E-state index contributed by atoms with van der Waals surface area (Å²) in [5.41, 5.74) is 6.52. The molecule has 3 atom stereocenters. The molecule has 106 valence electrons. The molecule has 19 heavy (non-hydrogen) atoms. The van der Waals surface area contributed by atoms with E-state index in [0.717, 1.165) is 12.0 Å². The number of benzene rings is 1. The van der Waals surface area contributed by atoms with Crippen LogP contribution in [0.25, 0.3) is 0 Å². The van der Waals surface area contributed by atoms with Gasteiger partial charge in [-0.2, -0.15) is 0 Å². The smallest absolute Gasteiger partial charge is 0.239 e. The molecule has 0 aromatic heterocycles. The summed E-state index contributed by atoms with van der Waals surface area (Å²) in [6.07, 6.45) is 0.930. The van der Waals surface area contributed by atoms with Crippen molar-refractivity contribution in [1.82, 2.24) is 4.90 Å². The maximum absolute atomic E-state index is 13.3. The first-order valence-electron chi connectivity index (χ1n) is 6.32. The Morgan fingerprint density at radius 3 is 2.79 bits per heavy atom. The fourth-order valence-corrected chi connectivity index (χ4v) is 2.65. The van der Waals surface area contributed by atoms with Gasteiger partial charge in [-0.25, -0.2) is 4.39 Å². The van der Waals surface area contributed by atoms with E-state index in [2.05, 4.69) is 6.92 Å². The van der Waals surface area contributed by atoms with E-state index in [1.54, 1.807) is 17.9 Å². The van der Waals surface area contributed by atoms with Gasteiger partial charge in [0.25, 0.3) is 0 Å².